The van der Waals surface area contributed by atoms with Crippen LogP contribution >= 0.6 is 0 Å². The molecule has 1 amide bonds. The van der Waals surface area contributed by atoms with Gasteiger partial charge in [0.05, 0.1) is 32.4 Å². The van der Waals surface area contributed by atoms with E-state index in [0.717, 1.165) is 25.7 Å². The first-order chi connectivity index (χ1) is 20.0. The Bertz CT molecular complexity index is 1180. The number of nitrogens with zero attached hydrogens (tertiary/aromatic N) is 1. The number of carbonyl (C=O) groups is 4. The van der Waals surface area contributed by atoms with Crippen LogP contribution in [0.3, 0.4) is 0 Å². The van der Waals surface area contributed by atoms with E-state index in [1.54, 1.807) is 32.9 Å². The first-order valence-corrected chi connectivity index (χ1v) is 15.3. The molecule has 1 aromatic rings. The van der Waals surface area contributed by atoms with Gasteiger partial charge in [0, 0.05) is 37.8 Å². The number of rotatable bonds is 15. The maximum absolute atomic E-state index is 13.9. The summed E-state index contributed by atoms with van der Waals surface area (Å²) < 4.78 is 10.8. The molecule has 1 aromatic carbocycles. The maximum Gasteiger partial charge on any atom is 0.223 e. The van der Waals surface area contributed by atoms with Gasteiger partial charge in [0.25, 0.3) is 0 Å². The predicted octanol–water partition coefficient (Wildman–Crippen LogP) is 3.48. The van der Waals surface area contributed by atoms with Crippen LogP contribution in [-0.2, 0) is 35.1 Å². The normalized spacial score (nSPS) is 22.9. The zero-order valence-electron chi connectivity index (χ0n) is 25.3. The lowest BCUT2D eigenvalue weighted by atomic mass is 9.81. The molecule has 9 nitrogen and oxygen atoms in total. The molecule has 2 N–H and O–H groups in total. The summed E-state index contributed by atoms with van der Waals surface area (Å²) in [5, 5.41) is 13.2. The molecule has 0 saturated carbocycles. The second-order valence-electron chi connectivity index (χ2n) is 12.5. The zero-order chi connectivity index (χ0) is 30.3. The summed E-state index contributed by atoms with van der Waals surface area (Å²) in [6.07, 6.45) is 7.05. The maximum atomic E-state index is 13.9. The quantitative estimate of drug-likeness (QED) is 0.238. The predicted molar refractivity (Wildman–Crippen MR) is 158 cm³/mol. The van der Waals surface area contributed by atoms with Crippen LogP contribution in [0.15, 0.2) is 29.8 Å². The minimum Gasteiger partial charge on any atom is -0.508 e. The van der Waals surface area contributed by atoms with E-state index in [4.69, 9.17) is 9.47 Å². The lowest BCUT2D eigenvalue weighted by Gasteiger charge is -2.26. The smallest absolute Gasteiger partial charge is 0.223 e. The number of phenols is 1. The molecule has 2 saturated heterocycles. The molecule has 0 bridgehead atoms. The first-order valence-electron chi connectivity index (χ1n) is 15.3. The van der Waals surface area contributed by atoms with Gasteiger partial charge in [-0.2, -0.15) is 0 Å². The fourth-order valence-electron chi connectivity index (χ4n) is 5.82. The summed E-state index contributed by atoms with van der Waals surface area (Å²) in [6.45, 7) is 8.43. The lowest BCUT2D eigenvalue weighted by Crippen LogP contribution is -2.46. The largest absolute Gasteiger partial charge is 0.508 e. The molecule has 0 unspecified atom stereocenters. The average molecular weight is 583 g/mol. The van der Waals surface area contributed by atoms with Crippen LogP contribution in [0.1, 0.15) is 69.9 Å². The molecule has 3 aliphatic rings. The van der Waals surface area contributed by atoms with Crippen LogP contribution in [0, 0.1) is 18.8 Å². The molecule has 2 aliphatic heterocycles. The number of allylic oxidation sites excluding steroid dienone is 2. The summed E-state index contributed by atoms with van der Waals surface area (Å²) in [5.41, 5.74) is 1.76. The van der Waals surface area contributed by atoms with Crippen molar-refractivity contribution < 1.29 is 33.8 Å². The van der Waals surface area contributed by atoms with Gasteiger partial charge < -0.3 is 19.9 Å². The van der Waals surface area contributed by atoms with E-state index in [9.17, 15) is 24.3 Å². The molecule has 4 atom stereocenters. The van der Waals surface area contributed by atoms with Gasteiger partial charge in [0.15, 0.2) is 11.6 Å². The molecule has 1 aliphatic carbocycles. The standard InChI is InChI=1S/C33H46N2O7/c1-22-9-10-25(18-29(22)37)17-28(34-32(40)23(2)15-27(36)20-35-11-13-41-14-12-35)30(38)19-26(31(39)33(3)21-42-33)16-24-7-5-4-6-8-24/h7,9-10,18,23,26,28,37H,4-6,8,11-17,19-21H2,1-3H3,(H,34,40)/t23-,26-,28+,33-/m1/s1. The van der Waals surface area contributed by atoms with Crippen molar-refractivity contribution in [2.45, 2.75) is 83.8 Å². The van der Waals surface area contributed by atoms with Crippen molar-refractivity contribution in [1.29, 1.82) is 0 Å². The molecule has 9 heteroatoms. The van der Waals surface area contributed by atoms with Gasteiger partial charge >= 0.3 is 0 Å². The Labute approximate surface area is 249 Å². The number of aryl methyl sites for hydroxylation is 1. The minimum atomic E-state index is -0.903. The number of hydrogen-bond acceptors (Lipinski definition) is 8. The lowest BCUT2D eigenvalue weighted by molar-refractivity contribution is -0.134. The van der Waals surface area contributed by atoms with Crippen molar-refractivity contribution in [1.82, 2.24) is 10.2 Å². The number of hydrogen-bond donors (Lipinski definition) is 2. The highest BCUT2D eigenvalue weighted by atomic mass is 16.6. The highest BCUT2D eigenvalue weighted by Crippen LogP contribution is 2.35. The number of phenolic OH excluding ortho intramolecular Hbond substituents is 1. The van der Waals surface area contributed by atoms with Crippen molar-refractivity contribution in [3.63, 3.8) is 0 Å². The molecular formula is C33H46N2O7. The van der Waals surface area contributed by atoms with E-state index in [1.807, 2.05) is 11.0 Å². The van der Waals surface area contributed by atoms with Crippen molar-refractivity contribution in [2.24, 2.45) is 11.8 Å². The average Bonchev–Trinajstić information content (AvgIpc) is 3.73. The fourth-order valence-corrected chi connectivity index (χ4v) is 5.82. The Morgan fingerprint density at radius 1 is 1.10 bits per heavy atom. The van der Waals surface area contributed by atoms with Crippen LogP contribution in [-0.4, -0.2) is 84.4 Å². The Balaban J connectivity index is 1.46. The molecule has 2 fully saturated rings. The Morgan fingerprint density at radius 3 is 2.48 bits per heavy atom. The van der Waals surface area contributed by atoms with Crippen molar-refractivity contribution in [3.05, 3.63) is 41.0 Å². The number of aromatic hydroxyl groups is 1. The van der Waals surface area contributed by atoms with E-state index in [0.29, 0.717) is 50.5 Å². The molecule has 4 rings (SSSR count). The van der Waals surface area contributed by atoms with Crippen LogP contribution in [0.25, 0.3) is 0 Å². The third kappa shape index (κ3) is 9.06. The van der Waals surface area contributed by atoms with Crippen LogP contribution in [0.5, 0.6) is 5.75 Å². The summed E-state index contributed by atoms with van der Waals surface area (Å²) in [6, 6.07) is 4.30. The summed E-state index contributed by atoms with van der Waals surface area (Å²) in [4.78, 5) is 55.3. The third-order valence-corrected chi connectivity index (χ3v) is 8.71. The highest BCUT2D eigenvalue weighted by Gasteiger charge is 2.50. The number of carbonyl (C=O) groups excluding carboxylic acids is 4. The second-order valence-corrected chi connectivity index (χ2v) is 12.5. The topological polar surface area (TPSA) is 126 Å². The number of ketones is 3. The van der Waals surface area contributed by atoms with Gasteiger partial charge in [-0.1, -0.05) is 30.7 Å². The Hall–Kier alpha value is -2.88. The number of nitrogens with one attached hydrogen (secondary N) is 1. The summed E-state index contributed by atoms with van der Waals surface area (Å²) >= 11 is 0. The molecule has 42 heavy (non-hydrogen) atoms. The number of Topliss-reactive ketones (excluding diaryl/α,β-unsaturated/α-hetero) is 3. The van der Waals surface area contributed by atoms with Crippen molar-refractivity contribution in [3.8, 4) is 5.75 Å². The monoisotopic (exact) mass is 582 g/mol. The molecule has 230 valence electrons. The van der Waals surface area contributed by atoms with E-state index < -0.39 is 23.5 Å². The molecular weight excluding hydrogens is 536 g/mol. The Kier molecular flexibility index (Phi) is 11.1. The number of epoxide rings is 1. The Morgan fingerprint density at radius 2 is 1.83 bits per heavy atom. The number of amides is 1. The van der Waals surface area contributed by atoms with Gasteiger partial charge in [-0.3, -0.25) is 24.1 Å². The second kappa shape index (κ2) is 14.5. The van der Waals surface area contributed by atoms with Gasteiger partial charge in [-0.25, -0.2) is 0 Å². The number of morpholine rings is 1. The van der Waals surface area contributed by atoms with E-state index >= 15 is 0 Å². The van der Waals surface area contributed by atoms with Crippen LogP contribution in [0.4, 0.5) is 0 Å². The number of benzene rings is 1. The van der Waals surface area contributed by atoms with Crippen LogP contribution in [0.2, 0.25) is 0 Å². The zero-order valence-corrected chi connectivity index (χ0v) is 25.3. The van der Waals surface area contributed by atoms with Crippen molar-refractivity contribution in [2.75, 3.05) is 39.5 Å². The highest BCUT2D eigenvalue weighted by molar-refractivity contribution is 5.97. The molecule has 0 spiro atoms. The van der Waals surface area contributed by atoms with Gasteiger partial charge in [-0.15, -0.1) is 0 Å². The molecule has 2 heterocycles. The number of ether oxygens (including phenoxy) is 2. The van der Waals surface area contributed by atoms with Crippen molar-refractivity contribution >= 4 is 23.3 Å². The van der Waals surface area contributed by atoms with Gasteiger partial charge in [0.1, 0.15) is 17.1 Å². The summed E-state index contributed by atoms with van der Waals surface area (Å²) in [5.74, 6) is -1.76. The van der Waals surface area contributed by atoms with Crippen LogP contribution < -0.4 is 5.32 Å². The van der Waals surface area contributed by atoms with E-state index in [-0.39, 0.29) is 54.8 Å². The molecule has 0 aromatic heterocycles. The summed E-state index contributed by atoms with van der Waals surface area (Å²) in [7, 11) is 0. The van der Waals surface area contributed by atoms with E-state index in [1.165, 1.54) is 5.57 Å². The fraction of sp³-hybridized carbons (Fsp3) is 0.636. The van der Waals surface area contributed by atoms with Gasteiger partial charge in [0.2, 0.25) is 5.91 Å². The SMILES string of the molecule is Cc1ccc(C[C@H](NC(=O)[C@H](C)CC(=O)CN2CCOCC2)C(=O)C[C@@H](CC2=CCCCC2)C(=O)[C@@]2(C)CO2)cc1O. The third-order valence-electron chi connectivity index (χ3n) is 8.71. The first kappa shape index (κ1) is 32.0. The molecule has 0 radical (unpaired) electrons. The van der Waals surface area contributed by atoms with Gasteiger partial charge in [-0.05, 0) is 69.6 Å². The minimum absolute atomic E-state index is 0.0117. The van der Waals surface area contributed by atoms with E-state index in [2.05, 4.69) is 11.4 Å².